The normalized spacial score (nSPS) is 24.1. The molecule has 1 aromatic rings. The fourth-order valence-electron chi connectivity index (χ4n) is 3.11. The molecule has 2 aliphatic rings. The highest BCUT2D eigenvalue weighted by Crippen LogP contribution is 2.18. The number of nitrogens with zero attached hydrogens (tertiary/aromatic N) is 3. The molecule has 9 heteroatoms. The minimum absolute atomic E-state index is 0. The van der Waals surface area contributed by atoms with Gasteiger partial charge in [-0.25, -0.2) is 0 Å². The molecule has 3 rings (SSSR count). The van der Waals surface area contributed by atoms with E-state index in [-0.39, 0.29) is 30.3 Å². The first kappa shape index (κ1) is 18.1. The van der Waals surface area contributed by atoms with Gasteiger partial charge in [0.05, 0.1) is 24.0 Å². The Balaban J connectivity index is 0.00000192. The van der Waals surface area contributed by atoms with E-state index in [0.29, 0.717) is 24.7 Å². The van der Waals surface area contributed by atoms with E-state index < -0.39 is 0 Å². The highest BCUT2D eigenvalue weighted by Gasteiger charge is 2.27. The third-order valence-corrected chi connectivity index (χ3v) is 4.81. The summed E-state index contributed by atoms with van der Waals surface area (Å²) in [6, 6.07) is -0.0394. The predicted octanol–water partition coefficient (Wildman–Crippen LogP) is 0.680. The second-order valence-electron chi connectivity index (χ2n) is 5.95. The van der Waals surface area contributed by atoms with Crippen LogP contribution in [0.5, 0.6) is 0 Å². The van der Waals surface area contributed by atoms with E-state index in [1.54, 1.807) is 0 Å². The zero-order valence-electron chi connectivity index (χ0n) is 12.9. The number of hydrogen-bond acceptors (Lipinski definition) is 6. The van der Waals surface area contributed by atoms with Crippen LogP contribution in [0.3, 0.4) is 0 Å². The number of carbonyl (C=O) groups is 2. The van der Waals surface area contributed by atoms with E-state index >= 15 is 0 Å². The zero-order chi connectivity index (χ0) is 15.4. The molecule has 2 fully saturated rings. The quantitative estimate of drug-likeness (QED) is 0.825. The lowest BCUT2D eigenvalue weighted by Crippen LogP contribution is -2.46. The number of hydrogen-bond donors (Lipinski definition) is 2. The summed E-state index contributed by atoms with van der Waals surface area (Å²) in [5.41, 5.74) is 0.421. The zero-order valence-corrected chi connectivity index (χ0v) is 14.5. The second-order valence-corrected chi connectivity index (χ2v) is 6.50. The number of likely N-dealkylation sites (tertiary alicyclic amines) is 1. The number of aromatic nitrogens is 2. The van der Waals surface area contributed by atoms with Crippen molar-refractivity contribution in [2.24, 2.45) is 5.92 Å². The lowest BCUT2D eigenvalue weighted by atomic mass is 9.97. The molecule has 2 N–H and O–H groups in total. The minimum Gasteiger partial charge on any atom is -0.354 e. The molecule has 2 unspecified atom stereocenters. The topological polar surface area (TPSA) is 87.2 Å². The van der Waals surface area contributed by atoms with Gasteiger partial charge in [-0.05, 0) is 38.1 Å². The molecule has 0 aromatic carbocycles. The fraction of sp³-hybridized carbons (Fsp3) is 0.714. The molecule has 1 aromatic heterocycles. The maximum Gasteiger partial charge on any atom is 0.275 e. The van der Waals surface area contributed by atoms with Crippen LogP contribution >= 0.6 is 24.1 Å². The minimum atomic E-state index is -0.0535. The molecule has 7 nitrogen and oxygen atoms in total. The van der Waals surface area contributed by atoms with Crippen LogP contribution in [-0.2, 0) is 4.79 Å². The monoisotopic (exact) mass is 359 g/mol. The first-order valence-corrected chi connectivity index (χ1v) is 8.55. The molecule has 0 saturated carbocycles. The summed E-state index contributed by atoms with van der Waals surface area (Å²) in [5, 5.41) is 6.22. The summed E-state index contributed by atoms with van der Waals surface area (Å²) in [6.45, 7) is 2.99. The number of halogens is 1. The molecule has 3 heterocycles. The van der Waals surface area contributed by atoms with Crippen molar-refractivity contribution in [3.63, 3.8) is 0 Å². The van der Waals surface area contributed by atoms with E-state index in [1.165, 1.54) is 6.20 Å². The molecule has 0 bridgehead atoms. The first-order valence-electron chi connectivity index (χ1n) is 7.82. The third kappa shape index (κ3) is 4.62. The SMILES string of the molecule is Cl.O=C(NCC1CCCN(C(=O)c2cnsn2)C1)C1CCCN1. The van der Waals surface area contributed by atoms with Gasteiger partial charge in [-0.15, -0.1) is 12.4 Å². The second kappa shape index (κ2) is 8.56. The molecule has 23 heavy (non-hydrogen) atoms. The van der Waals surface area contributed by atoms with Gasteiger partial charge < -0.3 is 15.5 Å². The fourth-order valence-corrected chi connectivity index (χ4v) is 3.52. The Bertz CT molecular complexity index is 521. The number of nitrogens with one attached hydrogen (secondary N) is 2. The maximum absolute atomic E-state index is 12.3. The average Bonchev–Trinajstić information content (AvgIpc) is 3.25. The smallest absolute Gasteiger partial charge is 0.275 e. The summed E-state index contributed by atoms with van der Waals surface area (Å²) in [5.74, 6) is 0.349. The highest BCUT2D eigenvalue weighted by atomic mass is 35.5. The van der Waals surface area contributed by atoms with Gasteiger partial charge in [0.25, 0.3) is 5.91 Å². The van der Waals surface area contributed by atoms with Crippen LogP contribution in [0.2, 0.25) is 0 Å². The predicted molar refractivity (Wildman–Crippen MR) is 89.8 cm³/mol. The van der Waals surface area contributed by atoms with Crippen molar-refractivity contribution in [1.82, 2.24) is 24.3 Å². The molecule has 2 aliphatic heterocycles. The van der Waals surface area contributed by atoms with Crippen LogP contribution in [0.25, 0.3) is 0 Å². The average molecular weight is 360 g/mol. The Kier molecular flexibility index (Phi) is 6.73. The molecule has 2 saturated heterocycles. The van der Waals surface area contributed by atoms with E-state index in [9.17, 15) is 9.59 Å². The maximum atomic E-state index is 12.3. The van der Waals surface area contributed by atoms with Crippen molar-refractivity contribution < 1.29 is 9.59 Å². The van der Waals surface area contributed by atoms with E-state index in [2.05, 4.69) is 19.4 Å². The van der Waals surface area contributed by atoms with Crippen molar-refractivity contribution in [1.29, 1.82) is 0 Å². The lowest BCUT2D eigenvalue weighted by Gasteiger charge is -2.32. The summed E-state index contributed by atoms with van der Waals surface area (Å²) in [4.78, 5) is 26.1. The first-order chi connectivity index (χ1) is 10.7. The van der Waals surface area contributed by atoms with Crippen LogP contribution in [0, 0.1) is 5.92 Å². The Morgan fingerprint density at radius 2 is 2.26 bits per heavy atom. The molecule has 0 aliphatic carbocycles. The third-order valence-electron chi connectivity index (χ3n) is 4.33. The molecule has 2 atom stereocenters. The summed E-state index contributed by atoms with van der Waals surface area (Å²) >= 11 is 1.05. The van der Waals surface area contributed by atoms with Gasteiger partial charge in [0, 0.05) is 19.6 Å². The van der Waals surface area contributed by atoms with Crippen LogP contribution < -0.4 is 10.6 Å². The van der Waals surface area contributed by atoms with Crippen LogP contribution in [0.15, 0.2) is 6.20 Å². The molecule has 128 valence electrons. The number of piperidine rings is 1. The Morgan fingerprint density at radius 3 is 2.96 bits per heavy atom. The number of amides is 2. The van der Waals surface area contributed by atoms with Crippen molar-refractivity contribution in [2.45, 2.75) is 31.7 Å². The van der Waals surface area contributed by atoms with Crippen LogP contribution in [0.1, 0.15) is 36.2 Å². The molecular formula is C14H22ClN5O2S. The van der Waals surface area contributed by atoms with Crippen molar-refractivity contribution in [2.75, 3.05) is 26.2 Å². The van der Waals surface area contributed by atoms with Crippen molar-refractivity contribution in [3.05, 3.63) is 11.9 Å². The highest BCUT2D eigenvalue weighted by molar-refractivity contribution is 6.99. The molecular weight excluding hydrogens is 338 g/mol. The van der Waals surface area contributed by atoms with Gasteiger partial charge in [-0.1, -0.05) is 0 Å². The molecule has 0 spiro atoms. The Morgan fingerprint density at radius 1 is 1.39 bits per heavy atom. The van der Waals surface area contributed by atoms with E-state index in [1.807, 2.05) is 4.90 Å². The largest absolute Gasteiger partial charge is 0.354 e. The Hall–Kier alpha value is -1.25. The summed E-state index contributed by atoms with van der Waals surface area (Å²) in [6.07, 6.45) is 5.50. The standard InChI is InChI=1S/C14H21N5O2S.ClH/c20-13(11-4-1-5-15-11)16-7-10-3-2-6-19(9-10)14(21)12-8-17-22-18-12;/h8,10-11,15H,1-7,9H2,(H,16,20);1H. The summed E-state index contributed by atoms with van der Waals surface area (Å²) < 4.78 is 7.88. The molecule has 0 radical (unpaired) electrons. The van der Waals surface area contributed by atoms with Gasteiger partial charge in [0.2, 0.25) is 5.91 Å². The number of carbonyl (C=O) groups excluding carboxylic acids is 2. The number of rotatable bonds is 4. The van der Waals surface area contributed by atoms with Gasteiger partial charge >= 0.3 is 0 Å². The van der Waals surface area contributed by atoms with Crippen molar-refractivity contribution in [3.8, 4) is 0 Å². The van der Waals surface area contributed by atoms with Gasteiger partial charge in [0.15, 0.2) is 5.69 Å². The van der Waals surface area contributed by atoms with Gasteiger partial charge in [-0.2, -0.15) is 8.75 Å². The van der Waals surface area contributed by atoms with Gasteiger partial charge in [-0.3, -0.25) is 9.59 Å². The van der Waals surface area contributed by atoms with Crippen LogP contribution in [-0.4, -0.2) is 57.7 Å². The lowest BCUT2D eigenvalue weighted by molar-refractivity contribution is -0.123. The van der Waals surface area contributed by atoms with E-state index in [0.717, 1.165) is 50.5 Å². The van der Waals surface area contributed by atoms with E-state index in [4.69, 9.17) is 0 Å². The summed E-state index contributed by atoms with van der Waals surface area (Å²) in [7, 11) is 0. The Labute approximate surface area is 145 Å². The van der Waals surface area contributed by atoms with Crippen LogP contribution in [0.4, 0.5) is 0 Å². The molecule has 2 amide bonds. The van der Waals surface area contributed by atoms with Gasteiger partial charge in [0.1, 0.15) is 0 Å². The van der Waals surface area contributed by atoms with Crippen molar-refractivity contribution >= 4 is 35.9 Å².